The molecule has 1 aromatic heterocycles. The molecule has 7 heteroatoms. The Balaban J connectivity index is 1.76. The van der Waals surface area contributed by atoms with Gasteiger partial charge in [0.2, 0.25) is 0 Å². The van der Waals surface area contributed by atoms with Crippen LogP contribution < -0.4 is 5.32 Å². The quantitative estimate of drug-likeness (QED) is 0.859. The zero-order valence-electron chi connectivity index (χ0n) is 12.5. The summed E-state index contributed by atoms with van der Waals surface area (Å²) in [6.45, 7) is 2.80. The first kappa shape index (κ1) is 15.8. The van der Waals surface area contributed by atoms with E-state index < -0.39 is 10.0 Å². The predicted octanol–water partition coefficient (Wildman–Crippen LogP) is 2.43. The van der Waals surface area contributed by atoms with Crippen molar-refractivity contribution in [2.45, 2.75) is 49.0 Å². The molecular weight excluding hydrogens is 324 g/mol. The van der Waals surface area contributed by atoms with E-state index in [2.05, 4.69) is 5.32 Å². The largest absolute Gasteiger partial charge is 0.309 e. The molecule has 0 spiro atoms. The summed E-state index contributed by atoms with van der Waals surface area (Å²) in [6, 6.07) is 2.63. The molecule has 2 fully saturated rings. The second kappa shape index (κ2) is 6.20. The normalized spacial score (nSPS) is 23.1. The number of thiophene rings is 1. The second-order valence-electron chi connectivity index (χ2n) is 5.87. The van der Waals surface area contributed by atoms with Crippen LogP contribution in [-0.2, 0) is 16.6 Å². The molecule has 0 aromatic carbocycles. The van der Waals surface area contributed by atoms with E-state index in [1.807, 2.05) is 24.8 Å². The number of thioether (sulfide) groups is 1. The summed E-state index contributed by atoms with van der Waals surface area (Å²) in [5, 5.41) is 3.46. The monoisotopic (exact) mass is 346 g/mol. The summed E-state index contributed by atoms with van der Waals surface area (Å²) in [7, 11) is -1.61. The van der Waals surface area contributed by atoms with Crippen LogP contribution in [0.15, 0.2) is 10.3 Å². The Kier molecular flexibility index (Phi) is 4.66. The van der Waals surface area contributed by atoms with Gasteiger partial charge in [-0.3, -0.25) is 0 Å². The van der Waals surface area contributed by atoms with Crippen LogP contribution >= 0.6 is 23.1 Å². The molecule has 4 nitrogen and oxygen atoms in total. The standard InChI is InChI=1S/C14H22N2O2S3/c1-10-7-14(20-13(10)8-15-11-3-4-11)21(17,18)16(2)12-5-6-19-9-12/h7,11-12,15H,3-6,8-9H2,1-2H3. The zero-order chi connectivity index (χ0) is 15.0. The minimum absolute atomic E-state index is 0.149. The Morgan fingerprint density at radius 2 is 2.14 bits per heavy atom. The summed E-state index contributed by atoms with van der Waals surface area (Å²) < 4.78 is 27.6. The number of aryl methyl sites for hydroxylation is 1. The highest BCUT2D eigenvalue weighted by Crippen LogP contribution is 2.32. The van der Waals surface area contributed by atoms with E-state index in [0.29, 0.717) is 10.3 Å². The van der Waals surface area contributed by atoms with E-state index in [0.717, 1.165) is 34.9 Å². The van der Waals surface area contributed by atoms with Crippen molar-refractivity contribution in [3.63, 3.8) is 0 Å². The van der Waals surface area contributed by atoms with Crippen molar-refractivity contribution in [1.29, 1.82) is 0 Å². The Morgan fingerprint density at radius 3 is 2.76 bits per heavy atom. The molecule has 1 N–H and O–H groups in total. The smallest absolute Gasteiger partial charge is 0.252 e. The fourth-order valence-corrected chi connectivity index (χ4v) is 6.94. The Hall–Kier alpha value is -0.0800. The maximum absolute atomic E-state index is 12.7. The van der Waals surface area contributed by atoms with Crippen LogP contribution in [0.25, 0.3) is 0 Å². The molecular formula is C14H22N2O2S3. The van der Waals surface area contributed by atoms with Gasteiger partial charge < -0.3 is 5.32 Å². The van der Waals surface area contributed by atoms with Crippen molar-refractivity contribution in [2.24, 2.45) is 0 Å². The van der Waals surface area contributed by atoms with Crippen LogP contribution in [0.2, 0.25) is 0 Å². The lowest BCUT2D eigenvalue weighted by molar-refractivity contribution is 0.395. The van der Waals surface area contributed by atoms with Crippen molar-refractivity contribution in [3.05, 3.63) is 16.5 Å². The van der Waals surface area contributed by atoms with E-state index in [-0.39, 0.29) is 6.04 Å². The number of nitrogens with zero attached hydrogens (tertiary/aromatic N) is 1. The van der Waals surface area contributed by atoms with E-state index in [1.54, 1.807) is 11.4 Å². The van der Waals surface area contributed by atoms with E-state index in [4.69, 9.17) is 0 Å². The number of nitrogens with one attached hydrogen (secondary N) is 1. The maximum Gasteiger partial charge on any atom is 0.252 e. The lowest BCUT2D eigenvalue weighted by atomic mass is 10.3. The summed E-state index contributed by atoms with van der Waals surface area (Å²) in [5.41, 5.74) is 1.08. The van der Waals surface area contributed by atoms with Crippen molar-refractivity contribution in [2.75, 3.05) is 18.6 Å². The number of hydrogen-bond donors (Lipinski definition) is 1. The third-order valence-corrected chi connectivity index (χ3v) is 8.92. The first-order chi connectivity index (χ1) is 9.98. The van der Waals surface area contributed by atoms with Gasteiger partial charge in [0, 0.05) is 36.3 Å². The van der Waals surface area contributed by atoms with Crippen molar-refractivity contribution < 1.29 is 8.42 Å². The topological polar surface area (TPSA) is 49.4 Å². The third-order valence-electron chi connectivity index (χ3n) is 4.18. The Bertz CT molecular complexity index is 602. The Morgan fingerprint density at radius 1 is 1.38 bits per heavy atom. The van der Waals surface area contributed by atoms with Gasteiger partial charge in [0.15, 0.2) is 0 Å². The molecule has 21 heavy (non-hydrogen) atoms. The minimum Gasteiger partial charge on any atom is -0.309 e. The molecule has 118 valence electrons. The molecule has 2 aliphatic rings. The first-order valence-corrected chi connectivity index (χ1v) is 10.8. The maximum atomic E-state index is 12.7. The van der Waals surface area contributed by atoms with E-state index >= 15 is 0 Å². The van der Waals surface area contributed by atoms with E-state index in [1.165, 1.54) is 24.2 Å². The van der Waals surface area contributed by atoms with Crippen LogP contribution in [0.5, 0.6) is 0 Å². The zero-order valence-corrected chi connectivity index (χ0v) is 14.9. The summed E-state index contributed by atoms with van der Waals surface area (Å²) in [6.07, 6.45) is 3.45. The fraction of sp³-hybridized carbons (Fsp3) is 0.714. The molecule has 1 saturated heterocycles. The van der Waals surface area contributed by atoms with Crippen LogP contribution in [0.1, 0.15) is 29.7 Å². The molecule has 1 aliphatic carbocycles. The molecule has 0 amide bonds. The van der Waals surface area contributed by atoms with Gasteiger partial charge in [0.25, 0.3) is 10.0 Å². The number of sulfonamides is 1. The van der Waals surface area contributed by atoms with Crippen LogP contribution in [0.4, 0.5) is 0 Å². The lowest BCUT2D eigenvalue weighted by Gasteiger charge is -2.22. The molecule has 0 bridgehead atoms. The summed E-state index contributed by atoms with van der Waals surface area (Å²) in [5.74, 6) is 1.97. The van der Waals surface area contributed by atoms with Gasteiger partial charge in [-0.1, -0.05) is 0 Å². The highest BCUT2D eigenvalue weighted by Gasteiger charge is 2.32. The average molecular weight is 347 g/mol. The SMILES string of the molecule is Cc1cc(S(=O)(=O)N(C)C2CCSC2)sc1CNC1CC1. The van der Waals surface area contributed by atoms with Crippen LogP contribution in [-0.4, -0.2) is 43.4 Å². The molecule has 2 heterocycles. The van der Waals surface area contributed by atoms with Gasteiger partial charge in [-0.05, 0) is 43.6 Å². The number of rotatable bonds is 6. The van der Waals surface area contributed by atoms with Crippen LogP contribution in [0.3, 0.4) is 0 Å². The van der Waals surface area contributed by atoms with Gasteiger partial charge in [-0.15, -0.1) is 11.3 Å². The van der Waals surface area contributed by atoms with Gasteiger partial charge in [-0.25, -0.2) is 8.42 Å². The van der Waals surface area contributed by atoms with Gasteiger partial charge in [0.1, 0.15) is 4.21 Å². The number of hydrogen-bond acceptors (Lipinski definition) is 5. The van der Waals surface area contributed by atoms with Gasteiger partial charge >= 0.3 is 0 Å². The fourth-order valence-electron chi connectivity index (χ4n) is 2.46. The molecule has 1 aromatic rings. The van der Waals surface area contributed by atoms with Crippen molar-refractivity contribution in [1.82, 2.24) is 9.62 Å². The average Bonchev–Trinajstić information content (AvgIpc) is 2.98. The summed E-state index contributed by atoms with van der Waals surface area (Å²) in [4.78, 5) is 1.15. The lowest BCUT2D eigenvalue weighted by Crippen LogP contribution is -2.36. The highest BCUT2D eigenvalue weighted by molar-refractivity contribution is 7.99. The Labute approximate surface area is 135 Å². The molecule has 1 unspecified atom stereocenters. The molecule has 1 atom stereocenters. The van der Waals surface area contributed by atoms with Crippen molar-refractivity contribution >= 4 is 33.1 Å². The van der Waals surface area contributed by atoms with Gasteiger partial charge in [-0.2, -0.15) is 16.1 Å². The second-order valence-corrected chi connectivity index (χ2v) is 10.4. The van der Waals surface area contributed by atoms with E-state index in [9.17, 15) is 8.42 Å². The van der Waals surface area contributed by atoms with Crippen molar-refractivity contribution in [3.8, 4) is 0 Å². The predicted molar refractivity (Wildman–Crippen MR) is 89.6 cm³/mol. The first-order valence-electron chi connectivity index (χ1n) is 7.37. The minimum atomic E-state index is -3.34. The molecule has 1 saturated carbocycles. The third kappa shape index (κ3) is 3.47. The molecule has 0 radical (unpaired) electrons. The molecule has 3 rings (SSSR count). The highest BCUT2D eigenvalue weighted by atomic mass is 32.2. The molecule has 1 aliphatic heterocycles. The summed E-state index contributed by atoms with van der Waals surface area (Å²) >= 11 is 3.26. The van der Waals surface area contributed by atoms with Gasteiger partial charge in [0.05, 0.1) is 0 Å². The van der Waals surface area contributed by atoms with Crippen LogP contribution in [0, 0.1) is 6.92 Å².